The fourth-order valence-electron chi connectivity index (χ4n) is 3.13. The zero-order chi connectivity index (χ0) is 20.4. The number of hydrogen-bond acceptors (Lipinski definition) is 7. The summed E-state index contributed by atoms with van der Waals surface area (Å²) in [5.74, 6) is 0.0915. The van der Waals surface area contributed by atoms with Crippen LogP contribution in [0.1, 0.15) is 10.4 Å². The van der Waals surface area contributed by atoms with Crippen LogP contribution in [0.4, 0.5) is 0 Å². The predicted molar refractivity (Wildman–Crippen MR) is 107 cm³/mol. The van der Waals surface area contributed by atoms with Crippen LogP contribution in [0.5, 0.6) is 5.75 Å². The van der Waals surface area contributed by atoms with E-state index in [9.17, 15) is 9.59 Å². The Labute approximate surface area is 165 Å². The number of esters is 1. The minimum Gasteiger partial charge on any atom is -0.467 e. The summed E-state index contributed by atoms with van der Waals surface area (Å²) in [6, 6.07) is 14.1. The first-order valence-corrected chi connectivity index (χ1v) is 8.75. The van der Waals surface area contributed by atoms with Crippen LogP contribution >= 0.6 is 0 Å². The van der Waals surface area contributed by atoms with Gasteiger partial charge in [-0.15, -0.1) is 10.2 Å². The summed E-state index contributed by atoms with van der Waals surface area (Å²) in [6.45, 7) is 0.102. The fraction of sp³-hybridized carbons (Fsp3) is 0.143. The number of para-hydroxylation sites is 1. The van der Waals surface area contributed by atoms with Gasteiger partial charge in [-0.3, -0.25) is 4.79 Å². The third kappa shape index (κ3) is 3.41. The van der Waals surface area contributed by atoms with Crippen molar-refractivity contribution in [2.24, 2.45) is 0 Å². The molecular formula is C21H17N3O5. The molecule has 29 heavy (non-hydrogen) atoms. The number of carbonyl (C=O) groups excluding carboxylic acids is 1. The molecule has 0 bridgehead atoms. The number of benzene rings is 2. The Morgan fingerprint density at radius 2 is 1.83 bits per heavy atom. The molecule has 8 nitrogen and oxygen atoms in total. The third-order valence-corrected chi connectivity index (χ3v) is 4.50. The second kappa shape index (κ2) is 7.69. The van der Waals surface area contributed by atoms with Crippen LogP contribution in [0, 0.1) is 0 Å². The highest BCUT2D eigenvalue weighted by molar-refractivity contribution is 6.07. The molecule has 4 aromatic rings. The lowest BCUT2D eigenvalue weighted by Gasteiger charge is -2.11. The number of aromatic amines is 1. The van der Waals surface area contributed by atoms with Gasteiger partial charge in [-0.1, -0.05) is 18.2 Å². The van der Waals surface area contributed by atoms with Gasteiger partial charge in [0.1, 0.15) is 5.75 Å². The average Bonchev–Trinajstić information content (AvgIpc) is 2.77. The first-order valence-electron chi connectivity index (χ1n) is 8.75. The topological polar surface area (TPSA) is 103 Å². The largest absolute Gasteiger partial charge is 0.467 e. The molecule has 0 saturated heterocycles. The third-order valence-electron chi connectivity index (χ3n) is 4.50. The zero-order valence-corrected chi connectivity index (χ0v) is 15.8. The van der Waals surface area contributed by atoms with E-state index in [1.165, 1.54) is 13.2 Å². The molecule has 0 aliphatic rings. The molecule has 0 atom stereocenters. The Morgan fingerprint density at radius 1 is 1.00 bits per heavy atom. The van der Waals surface area contributed by atoms with E-state index < -0.39 is 5.97 Å². The van der Waals surface area contributed by atoms with E-state index >= 15 is 0 Å². The molecule has 0 fully saturated rings. The van der Waals surface area contributed by atoms with Gasteiger partial charge < -0.3 is 19.2 Å². The van der Waals surface area contributed by atoms with E-state index in [1.807, 2.05) is 30.3 Å². The summed E-state index contributed by atoms with van der Waals surface area (Å²) >= 11 is 0. The second-order valence-electron chi connectivity index (χ2n) is 6.24. The van der Waals surface area contributed by atoms with Crippen molar-refractivity contribution in [3.05, 3.63) is 64.4 Å². The van der Waals surface area contributed by atoms with Gasteiger partial charge in [0.05, 0.1) is 18.4 Å². The van der Waals surface area contributed by atoms with Crippen LogP contribution in [-0.2, 0) is 9.47 Å². The number of carbonyl (C=O) groups is 1. The van der Waals surface area contributed by atoms with E-state index in [1.54, 1.807) is 19.2 Å². The summed E-state index contributed by atoms with van der Waals surface area (Å²) in [5.41, 5.74) is 1.61. The monoisotopic (exact) mass is 391 g/mol. The van der Waals surface area contributed by atoms with Crippen molar-refractivity contribution >= 4 is 27.8 Å². The van der Waals surface area contributed by atoms with Crippen molar-refractivity contribution in [3.8, 4) is 17.0 Å². The van der Waals surface area contributed by atoms with Crippen molar-refractivity contribution in [2.75, 3.05) is 21.0 Å². The molecule has 0 spiro atoms. The van der Waals surface area contributed by atoms with Crippen LogP contribution in [-0.4, -0.2) is 42.2 Å². The molecule has 0 saturated carbocycles. The average molecular weight is 391 g/mol. The maximum Gasteiger partial charge on any atom is 0.337 e. The van der Waals surface area contributed by atoms with E-state index in [2.05, 4.69) is 15.2 Å². The van der Waals surface area contributed by atoms with Crippen LogP contribution in [0.15, 0.2) is 53.3 Å². The van der Waals surface area contributed by atoms with Gasteiger partial charge in [0, 0.05) is 23.4 Å². The van der Waals surface area contributed by atoms with Crippen molar-refractivity contribution in [2.45, 2.75) is 0 Å². The number of ether oxygens (including phenoxy) is 3. The Kier molecular flexibility index (Phi) is 4.92. The van der Waals surface area contributed by atoms with Crippen molar-refractivity contribution in [3.63, 3.8) is 0 Å². The molecule has 0 radical (unpaired) electrons. The van der Waals surface area contributed by atoms with E-state index in [-0.39, 0.29) is 12.4 Å². The van der Waals surface area contributed by atoms with Crippen LogP contribution in [0.2, 0.25) is 0 Å². The first-order chi connectivity index (χ1) is 14.1. The Balaban J connectivity index is 1.92. The number of nitrogens with one attached hydrogen (secondary N) is 1. The lowest BCUT2D eigenvalue weighted by Crippen LogP contribution is -2.10. The highest BCUT2D eigenvalue weighted by Crippen LogP contribution is 2.31. The molecule has 0 unspecified atom stereocenters. The number of H-pyrrole nitrogens is 1. The quantitative estimate of drug-likeness (QED) is 0.317. The summed E-state index contributed by atoms with van der Waals surface area (Å²) in [4.78, 5) is 27.0. The summed E-state index contributed by atoms with van der Waals surface area (Å²) in [6.07, 6.45) is 0. The van der Waals surface area contributed by atoms with Crippen LogP contribution in [0.25, 0.3) is 33.1 Å². The van der Waals surface area contributed by atoms with Gasteiger partial charge in [0.15, 0.2) is 12.4 Å². The Hall–Kier alpha value is -3.78. The summed E-state index contributed by atoms with van der Waals surface area (Å²) < 4.78 is 15.3. The molecule has 0 aliphatic heterocycles. The minimum atomic E-state index is -0.510. The van der Waals surface area contributed by atoms with Gasteiger partial charge in [0.25, 0.3) is 5.56 Å². The normalized spacial score (nSPS) is 11.0. The smallest absolute Gasteiger partial charge is 0.337 e. The number of nitrogens with zero attached hydrogens (tertiary/aromatic N) is 2. The maximum absolute atomic E-state index is 12.5. The van der Waals surface area contributed by atoms with Gasteiger partial charge in [-0.05, 0) is 35.7 Å². The molecule has 2 aromatic heterocycles. The fourth-order valence-corrected chi connectivity index (χ4v) is 3.13. The van der Waals surface area contributed by atoms with Gasteiger partial charge >= 0.3 is 5.97 Å². The molecule has 146 valence electrons. The highest BCUT2D eigenvalue weighted by atomic mass is 16.7. The molecule has 1 N–H and O–H groups in total. The minimum absolute atomic E-state index is 0.102. The first kappa shape index (κ1) is 18.6. The number of aromatic nitrogens is 3. The SMILES string of the molecule is COCOc1ccccc1-c1cc2c(nn1)[nH]c(=O)c1cc(C(=O)OC)ccc12. The van der Waals surface area contributed by atoms with E-state index in [0.717, 1.165) is 5.56 Å². The summed E-state index contributed by atoms with van der Waals surface area (Å²) in [5, 5.41) is 10.1. The molecule has 4 rings (SSSR count). The number of rotatable bonds is 5. The van der Waals surface area contributed by atoms with Gasteiger partial charge in [-0.2, -0.15) is 0 Å². The lowest BCUT2D eigenvalue weighted by molar-refractivity contribution is 0.0515. The molecule has 2 aromatic carbocycles. The molecule has 0 aliphatic carbocycles. The summed E-state index contributed by atoms with van der Waals surface area (Å²) in [7, 11) is 2.84. The maximum atomic E-state index is 12.5. The van der Waals surface area contributed by atoms with Gasteiger partial charge in [0.2, 0.25) is 0 Å². The number of fused-ring (bicyclic) bond motifs is 3. The van der Waals surface area contributed by atoms with Crippen LogP contribution < -0.4 is 10.3 Å². The van der Waals surface area contributed by atoms with E-state index in [0.29, 0.717) is 38.8 Å². The Morgan fingerprint density at radius 3 is 2.62 bits per heavy atom. The predicted octanol–water partition coefficient (Wildman–Crippen LogP) is 2.91. The van der Waals surface area contributed by atoms with Crippen molar-refractivity contribution < 1.29 is 19.0 Å². The van der Waals surface area contributed by atoms with Crippen molar-refractivity contribution in [1.82, 2.24) is 15.2 Å². The zero-order valence-electron chi connectivity index (χ0n) is 15.8. The molecule has 0 amide bonds. The molecule has 8 heteroatoms. The number of methoxy groups -OCH3 is 2. The van der Waals surface area contributed by atoms with Gasteiger partial charge in [-0.25, -0.2) is 4.79 Å². The Bertz CT molecular complexity index is 1280. The highest BCUT2D eigenvalue weighted by Gasteiger charge is 2.14. The second-order valence-corrected chi connectivity index (χ2v) is 6.24. The number of hydrogen-bond donors (Lipinski definition) is 1. The van der Waals surface area contributed by atoms with Crippen molar-refractivity contribution in [1.29, 1.82) is 0 Å². The van der Waals surface area contributed by atoms with Crippen LogP contribution in [0.3, 0.4) is 0 Å². The number of pyridine rings is 1. The molecular weight excluding hydrogens is 374 g/mol. The standard InChI is InChI=1S/C21H17N3O5/c1-27-11-29-18-6-4-3-5-14(18)17-10-15-13-8-7-12(21(26)28-2)9-16(13)20(25)22-19(15)24-23-17/h3-10H,11H2,1-2H3,(H,22,24,25). The molecule has 2 heterocycles. The van der Waals surface area contributed by atoms with E-state index in [4.69, 9.17) is 14.2 Å². The lowest BCUT2D eigenvalue weighted by atomic mass is 10.0.